The predicted octanol–water partition coefficient (Wildman–Crippen LogP) is 1.86. The first-order chi connectivity index (χ1) is 8.65. The van der Waals surface area contributed by atoms with Gasteiger partial charge in [0.1, 0.15) is 5.75 Å². The Kier molecular flexibility index (Phi) is 3.62. The molecule has 18 heavy (non-hydrogen) atoms. The number of rotatable bonds is 4. The van der Waals surface area contributed by atoms with Gasteiger partial charge >= 0.3 is 0 Å². The summed E-state index contributed by atoms with van der Waals surface area (Å²) in [5.41, 5.74) is 8.47. The highest BCUT2D eigenvalue weighted by molar-refractivity contribution is 5.62. The van der Waals surface area contributed by atoms with Crippen LogP contribution in [0.5, 0.6) is 5.75 Å². The van der Waals surface area contributed by atoms with E-state index in [-0.39, 0.29) is 0 Å². The summed E-state index contributed by atoms with van der Waals surface area (Å²) >= 11 is 0. The topological polar surface area (TPSA) is 74.2 Å². The number of methoxy groups -OCH3 is 1. The lowest BCUT2D eigenvalue weighted by Crippen LogP contribution is -2.02. The van der Waals surface area contributed by atoms with Crippen LogP contribution in [0.1, 0.15) is 17.0 Å². The van der Waals surface area contributed by atoms with Gasteiger partial charge in [0.2, 0.25) is 11.8 Å². The number of aryl methyl sites for hydroxylation is 2. The van der Waals surface area contributed by atoms with Gasteiger partial charge in [0, 0.05) is 18.5 Å². The fourth-order valence-corrected chi connectivity index (χ4v) is 1.83. The average molecular weight is 247 g/mol. The summed E-state index contributed by atoms with van der Waals surface area (Å²) in [6, 6.07) is 3.96. The fourth-order valence-electron chi connectivity index (χ4n) is 1.83. The Balaban J connectivity index is 2.40. The van der Waals surface area contributed by atoms with Crippen molar-refractivity contribution in [2.24, 2.45) is 5.73 Å². The molecule has 0 saturated carbocycles. The number of nitrogens with zero attached hydrogens (tertiary/aromatic N) is 2. The van der Waals surface area contributed by atoms with Crippen LogP contribution in [0.4, 0.5) is 0 Å². The maximum Gasteiger partial charge on any atom is 0.248 e. The van der Waals surface area contributed by atoms with Crippen LogP contribution in [0.2, 0.25) is 0 Å². The third-order valence-electron chi connectivity index (χ3n) is 2.80. The van der Waals surface area contributed by atoms with E-state index in [2.05, 4.69) is 10.2 Å². The molecule has 0 saturated heterocycles. The van der Waals surface area contributed by atoms with Gasteiger partial charge in [-0.15, -0.1) is 10.2 Å². The minimum absolute atomic E-state index is 0.502. The maximum atomic E-state index is 5.58. The van der Waals surface area contributed by atoms with Crippen LogP contribution in [0.15, 0.2) is 16.5 Å². The van der Waals surface area contributed by atoms with Crippen LogP contribution in [-0.4, -0.2) is 23.9 Å². The van der Waals surface area contributed by atoms with Crippen molar-refractivity contribution in [2.45, 2.75) is 20.3 Å². The molecular weight excluding hydrogens is 230 g/mol. The highest BCUT2D eigenvalue weighted by Crippen LogP contribution is 2.29. The second-order valence-corrected chi connectivity index (χ2v) is 4.18. The van der Waals surface area contributed by atoms with Crippen molar-refractivity contribution >= 4 is 0 Å². The number of aromatic nitrogens is 2. The number of ether oxygens (including phenoxy) is 1. The van der Waals surface area contributed by atoms with E-state index in [0.717, 1.165) is 22.4 Å². The first-order valence-corrected chi connectivity index (χ1v) is 5.83. The molecule has 2 rings (SSSR count). The van der Waals surface area contributed by atoms with Gasteiger partial charge in [-0.2, -0.15) is 0 Å². The van der Waals surface area contributed by atoms with Gasteiger partial charge in [-0.05, 0) is 37.1 Å². The van der Waals surface area contributed by atoms with E-state index in [1.54, 1.807) is 7.11 Å². The Morgan fingerprint density at radius 2 is 2.00 bits per heavy atom. The molecule has 0 bridgehead atoms. The summed E-state index contributed by atoms with van der Waals surface area (Å²) < 4.78 is 10.9. The van der Waals surface area contributed by atoms with E-state index in [4.69, 9.17) is 14.9 Å². The smallest absolute Gasteiger partial charge is 0.248 e. The van der Waals surface area contributed by atoms with E-state index in [0.29, 0.717) is 24.7 Å². The molecule has 0 unspecified atom stereocenters. The minimum Gasteiger partial charge on any atom is -0.496 e. The van der Waals surface area contributed by atoms with Gasteiger partial charge in [-0.25, -0.2) is 0 Å². The van der Waals surface area contributed by atoms with Crippen molar-refractivity contribution in [3.63, 3.8) is 0 Å². The zero-order chi connectivity index (χ0) is 13.1. The zero-order valence-corrected chi connectivity index (χ0v) is 10.9. The molecule has 1 aromatic carbocycles. The number of hydrogen-bond donors (Lipinski definition) is 1. The summed E-state index contributed by atoms with van der Waals surface area (Å²) in [6.45, 7) is 4.48. The summed E-state index contributed by atoms with van der Waals surface area (Å²) in [5.74, 6) is 1.96. The minimum atomic E-state index is 0.502. The van der Waals surface area contributed by atoms with Gasteiger partial charge in [0.25, 0.3) is 0 Å². The average Bonchev–Trinajstić information content (AvgIpc) is 2.80. The maximum absolute atomic E-state index is 5.58. The third-order valence-corrected chi connectivity index (χ3v) is 2.80. The Bertz CT molecular complexity index is 549. The molecule has 0 fully saturated rings. The normalized spacial score (nSPS) is 10.7. The van der Waals surface area contributed by atoms with Gasteiger partial charge in [0.05, 0.1) is 7.11 Å². The lowest BCUT2D eigenvalue weighted by molar-refractivity contribution is 0.411. The highest BCUT2D eigenvalue weighted by atomic mass is 16.5. The summed E-state index contributed by atoms with van der Waals surface area (Å²) in [4.78, 5) is 0. The lowest BCUT2D eigenvalue weighted by atomic mass is 10.0. The van der Waals surface area contributed by atoms with Crippen molar-refractivity contribution in [1.82, 2.24) is 10.2 Å². The van der Waals surface area contributed by atoms with Crippen molar-refractivity contribution in [3.8, 4) is 17.2 Å². The molecule has 96 valence electrons. The van der Waals surface area contributed by atoms with E-state index in [1.807, 2.05) is 26.0 Å². The standard InChI is InChI=1S/C13H17N3O2/c1-8-7-11(17-3)9(2)6-10(8)13-16-15-12(18-13)4-5-14/h6-7H,4-5,14H2,1-3H3. The van der Waals surface area contributed by atoms with Gasteiger partial charge < -0.3 is 14.9 Å². The van der Waals surface area contributed by atoms with Crippen LogP contribution in [0.25, 0.3) is 11.5 Å². The summed E-state index contributed by atoms with van der Waals surface area (Å²) in [7, 11) is 1.66. The first kappa shape index (κ1) is 12.6. The third kappa shape index (κ3) is 2.36. The Morgan fingerprint density at radius 1 is 1.22 bits per heavy atom. The summed E-state index contributed by atoms with van der Waals surface area (Å²) in [6.07, 6.45) is 0.598. The molecule has 2 N–H and O–H groups in total. The quantitative estimate of drug-likeness (QED) is 0.892. The molecule has 2 aromatic rings. The number of nitrogens with two attached hydrogens (primary N) is 1. The molecule has 1 heterocycles. The molecular formula is C13H17N3O2. The van der Waals surface area contributed by atoms with E-state index < -0.39 is 0 Å². The van der Waals surface area contributed by atoms with E-state index >= 15 is 0 Å². The van der Waals surface area contributed by atoms with Crippen LogP contribution >= 0.6 is 0 Å². The monoisotopic (exact) mass is 247 g/mol. The Labute approximate surface area is 106 Å². The molecule has 5 nitrogen and oxygen atoms in total. The van der Waals surface area contributed by atoms with Crippen molar-refractivity contribution < 1.29 is 9.15 Å². The molecule has 0 aliphatic heterocycles. The fraction of sp³-hybridized carbons (Fsp3) is 0.385. The second-order valence-electron chi connectivity index (χ2n) is 4.18. The van der Waals surface area contributed by atoms with Crippen LogP contribution < -0.4 is 10.5 Å². The molecule has 0 aliphatic carbocycles. The zero-order valence-electron chi connectivity index (χ0n) is 10.9. The van der Waals surface area contributed by atoms with Gasteiger partial charge in [-0.1, -0.05) is 0 Å². The van der Waals surface area contributed by atoms with Crippen LogP contribution in [0, 0.1) is 13.8 Å². The molecule has 5 heteroatoms. The number of benzene rings is 1. The van der Waals surface area contributed by atoms with Crippen LogP contribution in [-0.2, 0) is 6.42 Å². The Hall–Kier alpha value is -1.88. The Morgan fingerprint density at radius 3 is 2.67 bits per heavy atom. The lowest BCUT2D eigenvalue weighted by Gasteiger charge is -2.08. The predicted molar refractivity (Wildman–Crippen MR) is 68.5 cm³/mol. The van der Waals surface area contributed by atoms with Crippen LogP contribution in [0.3, 0.4) is 0 Å². The molecule has 0 spiro atoms. The second kappa shape index (κ2) is 5.18. The first-order valence-electron chi connectivity index (χ1n) is 5.83. The molecule has 1 aromatic heterocycles. The highest BCUT2D eigenvalue weighted by Gasteiger charge is 2.13. The van der Waals surface area contributed by atoms with Crippen molar-refractivity contribution in [1.29, 1.82) is 0 Å². The molecule has 0 radical (unpaired) electrons. The molecule has 0 amide bonds. The van der Waals surface area contributed by atoms with Crippen molar-refractivity contribution in [3.05, 3.63) is 29.2 Å². The SMILES string of the molecule is COc1cc(C)c(-c2nnc(CCN)o2)cc1C. The van der Waals surface area contributed by atoms with E-state index in [9.17, 15) is 0 Å². The molecule has 0 aliphatic rings. The van der Waals surface area contributed by atoms with Gasteiger partial charge in [0.15, 0.2) is 0 Å². The van der Waals surface area contributed by atoms with Gasteiger partial charge in [-0.3, -0.25) is 0 Å². The molecule has 0 atom stereocenters. The van der Waals surface area contributed by atoms with Crippen molar-refractivity contribution in [2.75, 3.05) is 13.7 Å². The largest absolute Gasteiger partial charge is 0.496 e. The summed E-state index contributed by atoms with van der Waals surface area (Å²) in [5, 5.41) is 8.02. The van der Waals surface area contributed by atoms with E-state index in [1.165, 1.54) is 0 Å². The number of hydrogen-bond acceptors (Lipinski definition) is 5.